The Labute approximate surface area is 168 Å². The van der Waals surface area contributed by atoms with E-state index in [-0.39, 0.29) is 5.91 Å². The highest BCUT2D eigenvalue weighted by Gasteiger charge is 2.28. The van der Waals surface area contributed by atoms with Gasteiger partial charge in [-0.1, -0.05) is 30.3 Å². The summed E-state index contributed by atoms with van der Waals surface area (Å²) in [6.07, 6.45) is 3.84. The summed E-state index contributed by atoms with van der Waals surface area (Å²) in [6, 6.07) is 10.3. The van der Waals surface area contributed by atoms with Gasteiger partial charge in [0, 0.05) is 44.0 Å². The number of aryl methyl sites for hydroxylation is 1. The van der Waals surface area contributed by atoms with Gasteiger partial charge in [-0.05, 0) is 40.9 Å². The molecule has 2 heterocycles. The highest BCUT2D eigenvalue weighted by atomic mass is 16.2. The third-order valence-electron chi connectivity index (χ3n) is 5.39. The summed E-state index contributed by atoms with van der Waals surface area (Å²) in [4.78, 5) is 28.8. The van der Waals surface area contributed by atoms with Gasteiger partial charge in [-0.2, -0.15) is 0 Å². The molecule has 0 unspecified atom stereocenters. The number of piperidine rings is 1. The van der Waals surface area contributed by atoms with E-state index >= 15 is 0 Å². The van der Waals surface area contributed by atoms with E-state index in [1.54, 1.807) is 6.20 Å². The minimum atomic E-state index is 0.0320. The monoisotopic (exact) mass is 381 g/mol. The van der Waals surface area contributed by atoms with Gasteiger partial charge >= 0.3 is 0 Å². The fraction of sp³-hybridized carbons (Fsp3) is 0.500. The number of hydrogen-bond donors (Lipinski definition) is 0. The van der Waals surface area contributed by atoms with Gasteiger partial charge in [-0.25, -0.2) is 9.97 Å². The lowest BCUT2D eigenvalue weighted by Gasteiger charge is -2.38. The van der Waals surface area contributed by atoms with Gasteiger partial charge < -0.3 is 14.7 Å². The molecule has 3 rings (SSSR count). The molecule has 0 N–H and O–H groups in total. The Kier molecular flexibility index (Phi) is 6.75. The Morgan fingerprint density at radius 1 is 1.18 bits per heavy atom. The lowest BCUT2D eigenvalue weighted by molar-refractivity contribution is 0.0603. The molecule has 1 aromatic carbocycles. The smallest absolute Gasteiger partial charge is 0.257 e. The predicted molar refractivity (Wildman–Crippen MR) is 112 cm³/mol. The lowest BCUT2D eigenvalue weighted by Crippen LogP contribution is -2.49. The molecule has 1 fully saturated rings. The molecule has 150 valence electrons. The maximum atomic E-state index is 13.4. The number of likely N-dealkylation sites (N-methyl/N-ethyl adjacent to an activating group) is 2. The number of aromatic nitrogens is 2. The van der Waals surface area contributed by atoms with Crippen molar-refractivity contribution in [2.75, 3.05) is 47.3 Å². The molecule has 1 aromatic heterocycles. The first-order valence-corrected chi connectivity index (χ1v) is 9.99. The molecule has 0 bridgehead atoms. The van der Waals surface area contributed by atoms with Crippen LogP contribution in [0.5, 0.6) is 0 Å². The first-order chi connectivity index (χ1) is 13.5. The lowest BCUT2D eigenvalue weighted by atomic mass is 10.0. The standard InChI is InChI=1S/C22H31N5O/c1-17-23-15-20(21(24-17)18-9-6-5-7-10-18)22(28)27-12-8-11-19(16-27)26(4)14-13-25(2)3/h5-7,9-10,15,19H,8,11-14,16H2,1-4H3/t19-/m0/s1. The maximum Gasteiger partial charge on any atom is 0.257 e. The molecule has 28 heavy (non-hydrogen) atoms. The molecule has 1 saturated heterocycles. The Morgan fingerprint density at radius 2 is 1.93 bits per heavy atom. The summed E-state index contributed by atoms with van der Waals surface area (Å²) in [6.45, 7) is 5.43. The predicted octanol–water partition coefficient (Wildman–Crippen LogP) is 2.55. The Morgan fingerprint density at radius 3 is 2.64 bits per heavy atom. The van der Waals surface area contributed by atoms with Crippen LogP contribution in [-0.2, 0) is 0 Å². The van der Waals surface area contributed by atoms with Gasteiger partial charge in [-0.15, -0.1) is 0 Å². The summed E-state index contributed by atoms with van der Waals surface area (Å²) in [5.74, 6) is 0.708. The third kappa shape index (κ3) is 4.94. The van der Waals surface area contributed by atoms with Gasteiger partial charge in [-0.3, -0.25) is 4.79 Å². The number of benzene rings is 1. The number of hydrogen-bond acceptors (Lipinski definition) is 5. The minimum Gasteiger partial charge on any atom is -0.337 e. The normalized spacial score (nSPS) is 17.4. The van der Waals surface area contributed by atoms with Gasteiger partial charge in [0.25, 0.3) is 5.91 Å². The van der Waals surface area contributed by atoms with Gasteiger partial charge in [0.1, 0.15) is 5.82 Å². The van der Waals surface area contributed by atoms with E-state index in [2.05, 4.69) is 40.9 Å². The van der Waals surface area contributed by atoms with E-state index in [1.807, 2.05) is 42.2 Å². The molecule has 6 nitrogen and oxygen atoms in total. The molecule has 2 aromatic rings. The fourth-order valence-corrected chi connectivity index (χ4v) is 3.65. The summed E-state index contributed by atoms with van der Waals surface area (Å²) in [7, 11) is 6.34. The van der Waals surface area contributed by atoms with Crippen molar-refractivity contribution in [2.45, 2.75) is 25.8 Å². The molecule has 1 aliphatic rings. The Hall–Kier alpha value is -2.31. The summed E-state index contributed by atoms with van der Waals surface area (Å²) < 4.78 is 0. The van der Waals surface area contributed by atoms with E-state index < -0.39 is 0 Å². The number of carbonyl (C=O) groups excluding carboxylic acids is 1. The zero-order valence-electron chi connectivity index (χ0n) is 17.4. The summed E-state index contributed by atoms with van der Waals surface area (Å²) in [5, 5.41) is 0. The quantitative estimate of drug-likeness (QED) is 0.770. The highest BCUT2D eigenvalue weighted by molar-refractivity contribution is 5.99. The molecule has 0 spiro atoms. The maximum absolute atomic E-state index is 13.4. The molecular weight excluding hydrogens is 350 g/mol. The minimum absolute atomic E-state index is 0.0320. The van der Waals surface area contributed by atoms with Crippen molar-refractivity contribution in [1.82, 2.24) is 24.7 Å². The average molecular weight is 382 g/mol. The van der Waals surface area contributed by atoms with Crippen molar-refractivity contribution in [3.05, 3.63) is 47.9 Å². The van der Waals surface area contributed by atoms with Crippen LogP contribution < -0.4 is 0 Å². The first kappa shape index (κ1) is 20.4. The van der Waals surface area contributed by atoms with Crippen molar-refractivity contribution in [3.8, 4) is 11.3 Å². The SMILES string of the molecule is Cc1ncc(C(=O)N2CCC[C@H](N(C)CCN(C)C)C2)c(-c2ccccc2)n1. The second-order valence-electron chi connectivity index (χ2n) is 7.88. The molecule has 1 atom stereocenters. The van der Waals surface area contributed by atoms with Crippen LogP contribution in [0.3, 0.4) is 0 Å². The molecular formula is C22H31N5O. The largest absolute Gasteiger partial charge is 0.337 e. The second-order valence-corrected chi connectivity index (χ2v) is 7.88. The number of amides is 1. The zero-order chi connectivity index (χ0) is 20.1. The zero-order valence-corrected chi connectivity index (χ0v) is 17.4. The van der Waals surface area contributed by atoms with Crippen molar-refractivity contribution in [3.63, 3.8) is 0 Å². The fourth-order valence-electron chi connectivity index (χ4n) is 3.65. The number of likely N-dealkylation sites (tertiary alicyclic amines) is 1. The summed E-state index contributed by atoms with van der Waals surface area (Å²) in [5.41, 5.74) is 2.27. The van der Waals surface area contributed by atoms with E-state index in [1.165, 1.54) is 0 Å². The Balaban J connectivity index is 1.78. The summed E-state index contributed by atoms with van der Waals surface area (Å²) >= 11 is 0. The van der Waals surface area contributed by atoms with Gasteiger partial charge in [0.2, 0.25) is 0 Å². The molecule has 6 heteroatoms. The van der Waals surface area contributed by atoms with E-state index in [9.17, 15) is 4.79 Å². The Bertz CT molecular complexity index is 793. The van der Waals surface area contributed by atoms with Crippen molar-refractivity contribution < 1.29 is 4.79 Å². The van der Waals surface area contributed by atoms with Crippen LogP contribution in [0.1, 0.15) is 29.0 Å². The van der Waals surface area contributed by atoms with Crippen molar-refractivity contribution in [2.24, 2.45) is 0 Å². The van der Waals surface area contributed by atoms with Crippen LogP contribution in [-0.4, -0.2) is 83.9 Å². The first-order valence-electron chi connectivity index (χ1n) is 9.99. The molecule has 1 aliphatic heterocycles. The number of rotatable bonds is 6. The van der Waals surface area contributed by atoms with Crippen LogP contribution in [0.2, 0.25) is 0 Å². The average Bonchev–Trinajstić information content (AvgIpc) is 2.72. The molecule has 0 aliphatic carbocycles. The molecule has 1 amide bonds. The second kappa shape index (κ2) is 9.26. The van der Waals surface area contributed by atoms with Crippen LogP contribution >= 0.6 is 0 Å². The van der Waals surface area contributed by atoms with E-state index in [0.29, 0.717) is 17.4 Å². The van der Waals surface area contributed by atoms with Crippen LogP contribution in [0, 0.1) is 6.92 Å². The van der Waals surface area contributed by atoms with Gasteiger partial charge in [0.15, 0.2) is 0 Å². The molecule has 0 radical (unpaired) electrons. The highest BCUT2D eigenvalue weighted by Crippen LogP contribution is 2.24. The van der Waals surface area contributed by atoms with Gasteiger partial charge in [0.05, 0.1) is 11.3 Å². The third-order valence-corrected chi connectivity index (χ3v) is 5.39. The van der Waals surface area contributed by atoms with Crippen molar-refractivity contribution >= 4 is 5.91 Å². The van der Waals surface area contributed by atoms with Crippen molar-refractivity contribution in [1.29, 1.82) is 0 Å². The van der Waals surface area contributed by atoms with Crippen LogP contribution in [0.25, 0.3) is 11.3 Å². The number of nitrogens with zero attached hydrogens (tertiary/aromatic N) is 5. The van der Waals surface area contributed by atoms with E-state index in [4.69, 9.17) is 0 Å². The topological polar surface area (TPSA) is 52.6 Å². The van der Waals surface area contributed by atoms with E-state index in [0.717, 1.165) is 50.3 Å². The molecule has 0 saturated carbocycles. The number of carbonyl (C=O) groups is 1. The van der Waals surface area contributed by atoms with Crippen LogP contribution in [0.15, 0.2) is 36.5 Å². The van der Waals surface area contributed by atoms with Crippen LogP contribution in [0.4, 0.5) is 0 Å².